The Morgan fingerprint density at radius 2 is 1.85 bits per heavy atom. The van der Waals surface area contributed by atoms with Crippen LogP contribution in [0.1, 0.15) is 40.2 Å². The first-order valence-corrected chi connectivity index (χ1v) is 7.37. The van der Waals surface area contributed by atoms with Crippen molar-refractivity contribution in [2.45, 2.75) is 41.0 Å². The van der Waals surface area contributed by atoms with E-state index >= 15 is 0 Å². The molecule has 20 heavy (non-hydrogen) atoms. The van der Waals surface area contributed by atoms with Crippen LogP contribution in [0.25, 0.3) is 10.9 Å². The monoisotopic (exact) mass is 276 g/mol. The molecule has 0 aliphatic rings. The molecule has 1 aromatic heterocycles. The van der Waals surface area contributed by atoms with E-state index in [2.05, 4.69) is 42.4 Å². The highest BCUT2D eigenvalue weighted by Gasteiger charge is 2.01. The van der Waals surface area contributed by atoms with Crippen molar-refractivity contribution in [3.8, 4) is 0 Å². The second-order valence-corrected chi connectivity index (χ2v) is 4.54. The first-order valence-electron chi connectivity index (χ1n) is 7.37. The fourth-order valence-electron chi connectivity index (χ4n) is 1.66. The molecule has 0 spiro atoms. The number of nitrogens with two attached hydrogens (primary N) is 1. The van der Waals surface area contributed by atoms with Gasteiger partial charge in [0.15, 0.2) is 0 Å². The third-order valence-corrected chi connectivity index (χ3v) is 2.90. The average molecular weight is 276 g/mol. The number of rotatable bonds is 3. The molecule has 2 aromatic rings. The smallest absolute Gasteiger partial charge is 0.148 e. The van der Waals surface area contributed by atoms with Crippen LogP contribution in [0, 0.1) is 5.92 Å². The van der Waals surface area contributed by atoms with Crippen LogP contribution in [0.5, 0.6) is 0 Å². The summed E-state index contributed by atoms with van der Waals surface area (Å²) in [6, 6.07) is 8.40. The van der Waals surface area contributed by atoms with Crippen LogP contribution in [-0.2, 0) is 11.2 Å². The van der Waals surface area contributed by atoms with Crippen LogP contribution in [-0.4, -0.2) is 17.3 Å². The average Bonchev–Trinajstić information content (AvgIpc) is 2.92. The van der Waals surface area contributed by atoms with Crippen LogP contribution >= 0.6 is 0 Å². The Hall–Kier alpha value is -1.61. The molecule has 1 aromatic carbocycles. The molecule has 0 bridgehead atoms. The van der Waals surface area contributed by atoms with Crippen molar-refractivity contribution in [3.05, 3.63) is 36.0 Å². The number of fused-ring (bicyclic) bond motifs is 1. The van der Waals surface area contributed by atoms with Gasteiger partial charge in [0.2, 0.25) is 0 Å². The van der Waals surface area contributed by atoms with Crippen molar-refractivity contribution in [1.82, 2.24) is 4.98 Å². The summed E-state index contributed by atoms with van der Waals surface area (Å²) in [6.45, 7) is 10.0. The number of benzene rings is 1. The van der Waals surface area contributed by atoms with Crippen molar-refractivity contribution in [2.75, 3.05) is 6.54 Å². The minimum atomic E-state index is 0.102. The van der Waals surface area contributed by atoms with Crippen molar-refractivity contribution in [3.63, 3.8) is 0 Å². The lowest BCUT2D eigenvalue weighted by molar-refractivity contribution is -0.120. The minimum absolute atomic E-state index is 0.102. The molecule has 3 nitrogen and oxygen atoms in total. The van der Waals surface area contributed by atoms with E-state index in [9.17, 15) is 4.79 Å². The van der Waals surface area contributed by atoms with E-state index in [0.717, 1.165) is 6.42 Å². The maximum absolute atomic E-state index is 10.4. The molecule has 112 valence electrons. The molecule has 3 heteroatoms. The van der Waals surface area contributed by atoms with Crippen LogP contribution in [0.4, 0.5) is 0 Å². The lowest BCUT2D eigenvalue weighted by Crippen LogP contribution is -2.18. The number of hydrogen-bond acceptors (Lipinski definition) is 2. The predicted molar refractivity (Wildman–Crippen MR) is 87.9 cm³/mol. The second-order valence-electron chi connectivity index (χ2n) is 4.54. The van der Waals surface area contributed by atoms with Crippen molar-refractivity contribution in [2.24, 2.45) is 11.7 Å². The van der Waals surface area contributed by atoms with Gasteiger partial charge in [0, 0.05) is 23.0 Å². The molecular weight excluding hydrogens is 248 g/mol. The molecule has 0 unspecified atom stereocenters. The van der Waals surface area contributed by atoms with Gasteiger partial charge in [-0.3, -0.25) is 4.79 Å². The van der Waals surface area contributed by atoms with Crippen LogP contribution in [0.15, 0.2) is 30.5 Å². The predicted octanol–water partition coefficient (Wildman–Crippen LogP) is 3.93. The molecule has 3 N–H and O–H groups in total. The van der Waals surface area contributed by atoms with Crippen molar-refractivity contribution in [1.29, 1.82) is 0 Å². The van der Waals surface area contributed by atoms with Crippen LogP contribution < -0.4 is 5.73 Å². The maximum Gasteiger partial charge on any atom is 0.148 e. The Labute approximate surface area is 122 Å². The van der Waals surface area contributed by atoms with Crippen molar-refractivity contribution < 1.29 is 4.79 Å². The van der Waals surface area contributed by atoms with Gasteiger partial charge >= 0.3 is 0 Å². The van der Waals surface area contributed by atoms with Crippen molar-refractivity contribution >= 4 is 16.7 Å². The summed E-state index contributed by atoms with van der Waals surface area (Å²) in [5.41, 5.74) is 7.67. The molecule has 0 saturated carbocycles. The number of para-hydroxylation sites is 1. The summed E-state index contributed by atoms with van der Waals surface area (Å²) >= 11 is 0. The third kappa shape index (κ3) is 5.57. The number of aromatic nitrogens is 1. The number of H-pyrrole nitrogens is 1. The number of Topliss-reactive ketones (excluding diaryl/α,β-unsaturated/α-hetero) is 1. The van der Waals surface area contributed by atoms with Gasteiger partial charge in [-0.05, 0) is 18.1 Å². The molecular formula is C17H28N2O. The molecule has 0 fully saturated rings. The molecule has 0 amide bonds. The van der Waals surface area contributed by atoms with E-state index in [1.54, 1.807) is 0 Å². The van der Waals surface area contributed by atoms with Gasteiger partial charge in [-0.2, -0.15) is 0 Å². The molecule has 0 aliphatic heterocycles. The Kier molecular flexibility index (Phi) is 9.39. The van der Waals surface area contributed by atoms with E-state index in [0.29, 0.717) is 0 Å². The van der Waals surface area contributed by atoms with E-state index in [1.165, 1.54) is 16.5 Å². The second kappa shape index (κ2) is 10.2. The normalized spacial score (nSPS) is 9.55. The van der Waals surface area contributed by atoms with Gasteiger partial charge < -0.3 is 10.7 Å². The molecule has 0 aliphatic carbocycles. The summed E-state index contributed by atoms with van der Waals surface area (Å²) in [5.74, 6) is 0.227. The molecule has 0 saturated heterocycles. The zero-order chi connectivity index (χ0) is 15.5. The van der Waals surface area contributed by atoms with E-state index in [1.807, 2.05) is 27.7 Å². The van der Waals surface area contributed by atoms with Gasteiger partial charge in [0.05, 0.1) is 6.54 Å². The Balaban J connectivity index is 0.000000352. The Morgan fingerprint density at radius 1 is 1.25 bits per heavy atom. The number of aryl methyl sites for hydroxylation is 1. The highest BCUT2D eigenvalue weighted by Crippen LogP contribution is 2.17. The number of aromatic amines is 1. The van der Waals surface area contributed by atoms with Gasteiger partial charge in [-0.25, -0.2) is 0 Å². The fourth-order valence-corrected chi connectivity index (χ4v) is 1.66. The Bertz CT molecular complexity index is 500. The van der Waals surface area contributed by atoms with Crippen LogP contribution in [0.3, 0.4) is 0 Å². The molecule has 0 atom stereocenters. The highest BCUT2D eigenvalue weighted by molar-refractivity contribution is 5.83. The first kappa shape index (κ1) is 18.4. The van der Waals surface area contributed by atoms with E-state index < -0.39 is 0 Å². The van der Waals surface area contributed by atoms with Gasteiger partial charge in [0.1, 0.15) is 5.78 Å². The lowest BCUT2D eigenvalue weighted by atomic mass is 10.1. The molecule has 0 radical (unpaired) electrons. The SMILES string of the molecule is CC.CC(C)C(=O)CN.CCc1c[nH]c2ccccc12. The number of ketones is 1. The standard InChI is InChI=1S/C10H11N.C5H11NO.C2H6/c1-2-8-7-11-10-6-4-3-5-9(8)10;1-4(2)5(7)3-6;1-2/h3-7,11H,2H2,1H3;4H,3,6H2,1-2H3;1-2H3. The van der Waals surface area contributed by atoms with Crippen LogP contribution in [0.2, 0.25) is 0 Å². The minimum Gasteiger partial charge on any atom is -0.361 e. The zero-order valence-electron chi connectivity index (χ0n) is 13.4. The quantitative estimate of drug-likeness (QED) is 0.892. The summed E-state index contributed by atoms with van der Waals surface area (Å²) in [5, 5.41) is 1.36. The van der Waals surface area contributed by atoms with Gasteiger partial charge in [0.25, 0.3) is 0 Å². The summed E-state index contributed by atoms with van der Waals surface area (Å²) in [7, 11) is 0. The topological polar surface area (TPSA) is 58.9 Å². The lowest BCUT2D eigenvalue weighted by Gasteiger charge is -1.96. The fraction of sp³-hybridized carbons (Fsp3) is 0.471. The zero-order valence-corrected chi connectivity index (χ0v) is 13.4. The highest BCUT2D eigenvalue weighted by atomic mass is 16.1. The number of hydrogen-bond donors (Lipinski definition) is 2. The van der Waals surface area contributed by atoms with E-state index in [4.69, 9.17) is 5.73 Å². The maximum atomic E-state index is 10.4. The summed E-state index contributed by atoms with van der Waals surface area (Å²) in [6.07, 6.45) is 3.19. The van der Waals surface area contributed by atoms with Gasteiger partial charge in [-0.1, -0.05) is 52.8 Å². The molecule has 2 rings (SSSR count). The van der Waals surface area contributed by atoms with E-state index in [-0.39, 0.29) is 18.2 Å². The summed E-state index contributed by atoms with van der Waals surface area (Å²) in [4.78, 5) is 13.6. The number of nitrogens with one attached hydrogen (secondary N) is 1. The largest absolute Gasteiger partial charge is 0.361 e. The Morgan fingerprint density at radius 3 is 2.30 bits per heavy atom. The van der Waals surface area contributed by atoms with Gasteiger partial charge in [-0.15, -0.1) is 0 Å². The third-order valence-electron chi connectivity index (χ3n) is 2.90. The number of carbonyl (C=O) groups is 1. The molecule has 1 heterocycles. The number of carbonyl (C=O) groups excluding carboxylic acids is 1. The first-order chi connectivity index (χ1) is 9.60. The summed E-state index contributed by atoms with van der Waals surface area (Å²) < 4.78 is 0.